The number of nitrogens with one attached hydrogen (secondary N) is 1. The van der Waals surface area contributed by atoms with Gasteiger partial charge >= 0.3 is 0 Å². The van der Waals surface area contributed by atoms with Crippen molar-refractivity contribution in [1.29, 1.82) is 0 Å². The van der Waals surface area contributed by atoms with Crippen molar-refractivity contribution in [3.63, 3.8) is 0 Å². The van der Waals surface area contributed by atoms with E-state index in [1.165, 1.54) is 26.4 Å². The Morgan fingerprint density at radius 2 is 2.16 bits per heavy atom. The van der Waals surface area contributed by atoms with Crippen molar-refractivity contribution in [3.8, 4) is 5.75 Å². The predicted molar refractivity (Wildman–Crippen MR) is 72.8 cm³/mol. The monoisotopic (exact) mass is 264 g/mol. The minimum atomic E-state index is -0.269. The third-order valence-corrected chi connectivity index (χ3v) is 4.23. The zero-order valence-corrected chi connectivity index (χ0v) is 11.4. The molecule has 0 radical (unpaired) electrons. The predicted octanol–water partition coefficient (Wildman–Crippen LogP) is 2.16. The van der Waals surface area contributed by atoms with Gasteiger partial charge in [0, 0.05) is 31.7 Å². The maximum atomic E-state index is 13.7. The average molecular weight is 264 g/mol. The van der Waals surface area contributed by atoms with Crippen LogP contribution in [0.1, 0.15) is 24.8 Å². The van der Waals surface area contributed by atoms with Crippen LogP contribution in [0, 0.1) is 5.82 Å². The third-order valence-electron chi connectivity index (χ3n) is 4.23. The van der Waals surface area contributed by atoms with Gasteiger partial charge in [0.05, 0.1) is 7.11 Å². The summed E-state index contributed by atoms with van der Waals surface area (Å²) in [6.07, 6.45) is 3.79. The summed E-state index contributed by atoms with van der Waals surface area (Å²) in [7, 11) is 1.50. The quantitative estimate of drug-likeness (QED) is 0.905. The Hall–Kier alpha value is -1.13. The minimum absolute atomic E-state index is 0.269. The third kappa shape index (κ3) is 2.90. The van der Waals surface area contributed by atoms with Crippen LogP contribution in [0.15, 0.2) is 18.2 Å². The number of methoxy groups -OCH3 is 1. The molecule has 2 saturated heterocycles. The van der Waals surface area contributed by atoms with Gasteiger partial charge in [0.25, 0.3) is 0 Å². The van der Waals surface area contributed by atoms with Crippen molar-refractivity contribution in [1.82, 2.24) is 10.2 Å². The van der Waals surface area contributed by atoms with Crippen LogP contribution in [0.2, 0.25) is 0 Å². The number of fused-ring (bicyclic) bond motifs is 2. The van der Waals surface area contributed by atoms with Crippen LogP contribution in [-0.2, 0) is 6.54 Å². The summed E-state index contributed by atoms with van der Waals surface area (Å²) in [4.78, 5) is 2.43. The van der Waals surface area contributed by atoms with Crippen molar-refractivity contribution in [2.24, 2.45) is 0 Å². The van der Waals surface area contributed by atoms with Crippen molar-refractivity contribution < 1.29 is 9.13 Å². The second-order valence-electron chi connectivity index (χ2n) is 5.63. The molecule has 0 amide bonds. The molecule has 1 aromatic rings. The maximum absolute atomic E-state index is 13.7. The fraction of sp³-hybridized carbons (Fsp3) is 0.600. The Kier molecular flexibility index (Phi) is 3.71. The van der Waals surface area contributed by atoms with E-state index in [-0.39, 0.29) is 5.82 Å². The highest BCUT2D eigenvalue weighted by atomic mass is 19.1. The van der Waals surface area contributed by atoms with E-state index in [0.29, 0.717) is 17.8 Å². The molecule has 2 aliphatic heterocycles. The Labute approximate surface area is 113 Å². The first-order chi connectivity index (χ1) is 9.24. The molecule has 2 aliphatic rings. The second-order valence-corrected chi connectivity index (χ2v) is 5.63. The first kappa shape index (κ1) is 12.9. The van der Waals surface area contributed by atoms with Gasteiger partial charge in [-0.05, 0) is 37.0 Å². The highest BCUT2D eigenvalue weighted by Gasteiger charge is 2.29. The molecule has 4 heteroatoms. The molecule has 1 aromatic carbocycles. The lowest BCUT2D eigenvalue weighted by atomic mass is 10.1. The van der Waals surface area contributed by atoms with Gasteiger partial charge in [-0.15, -0.1) is 0 Å². The van der Waals surface area contributed by atoms with Crippen molar-refractivity contribution in [2.45, 2.75) is 37.9 Å². The zero-order chi connectivity index (χ0) is 13.2. The van der Waals surface area contributed by atoms with E-state index in [4.69, 9.17) is 4.74 Å². The van der Waals surface area contributed by atoms with Crippen LogP contribution in [0.5, 0.6) is 5.75 Å². The minimum Gasteiger partial charge on any atom is -0.494 e. The molecule has 0 spiro atoms. The SMILES string of the molecule is COc1ccc(CN2CCC3CCC(C2)N3)cc1F. The lowest BCUT2D eigenvalue weighted by molar-refractivity contribution is 0.250. The zero-order valence-electron chi connectivity index (χ0n) is 11.4. The van der Waals surface area contributed by atoms with Crippen LogP contribution < -0.4 is 10.1 Å². The molecule has 0 saturated carbocycles. The van der Waals surface area contributed by atoms with Gasteiger partial charge in [0.2, 0.25) is 0 Å². The van der Waals surface area contributed by atoms with Crippen LogP contribution in [-0.4, -0.2) is 37.2 Å². The molecule has 2 heterocycles. The van der Waals surface area contributed by atoms with Gasteiger partial charge in [-0.2, -0.15) is 0 Å². The lowest BCUT2D eigenvalue weighted by Crippen LogP contribution is -2.34. The molecule has 2 atom stereocenters. The molecule has 19 heavy (non-hydrogen) atoms. The van der Waals surface area contributed by atoms with Gasteiger partial charge in [-0.1, -0.05) is 6.07 Å². The van der Waals surface area contributed by atoms with E-state index in [1.807, 2.05) is 6.07 Å². The van der Waals surface area contributed by atoms with E-state index in [2.05, 4.69) is 10.2 Å². The van der Waals surface area contributed by atoms with Crippen molar-refractivity contribution >= 4 is 0 Å². The summed E-state index contributed by atoms with van der Waals surface area (Å²) in [5, 5.41) is 3.66. The molecule has 104 valence electrons. The summed E-state index contributed by atoms with van der Waals surface area (Å²) >= 11 is 0. The Morgan fingerprint density at radius 3 is 2.95 bits per heavy atom. The fourth-order valence-corrected chi connectivity index (χ4v) is 3.23. The fourth-order valence-electron chi connectivity index (χ4n) is 3.23. The molecular formula is C15H21FN2O. The Balaban J connectivity index is 1.66. The number of ether oxygens (including phenoxy) is 1. The molecular weight excluding hydrogens is 243 g/mol. The average Bonchev–Trinajstić information content (AvgIpc) is 2.73. The largest absolute Gasteiger partial charge is 0.494 e. The van der Waals surface area contributed by atoms with Crippen LogP contribution in [0.25, 0.3) is 0 Å². The normalized spacial score (nSPS) is 27.3. The summed E-state index contributed by atoms with van der Waals surface area (Å²) < 4.78 is 18.6. The smallest absolute Gasteiger partial charge is 0.165 e. The standard InChI is InChI=1S/C15H21FN2O/c1-19-15-5-2-11(8-14(15)16)9-18-7-6-12-3-4-13(10-18)17-12/h2,5,8,12-13,17H,3-4,6-7,9-10H2,1H3. The topological polar surface area (TPSA) is 24.5 Å². The number of hydrogen-bond acceptors (Lipinski definition) is 3. The van der Waals surface area contributed by atoms with E-state index < -0.39 is 0 Å². The number of nitrogens with zero attached hydrogens (tertiary/aromatic N) is 1. The lowest BCUT2D eigenvalue weighted by Gasteiger charge is -2.24. The van der Waals surface area contributed by atoms with Crippen molar-refractivity contribution in [3.05, 3.63) is 29.6 Å². The van der Waals surface area contributed by atoms with E-state index in [1.54, 1.807) is 12.1 Å². The summed E-state index contributed by atoms with van der Waals surface area (Å²) in [6.45, 7) is 3.00. The van der Waals surface area contributed by atoms with Gasteiger partial charge in [-0.3, -0.25) is 4.90 Å². The van der Waals surface area contributed by atoms with Crippen LogP contribution in [0.3, 0.4) is 0 Å². The number of likely N-dealkylation sites (tertiary alicyclic amines) is 1. The Bertz CT molecular complexity index is 452. The number of rotatable bonds is 3. The first-order valence-corrected chi connectivity index (χ1v) is 7.05. The molecule has 1 N–H and O–H groups in total. The summed E-state index contributed by atoms with van der Waals surface area (Å²) in [5.41, 5.74) is 1.02. The first-order valence-electron chi connectivity index (χ1n) is 7.05. The second kappa shape index (κ2) is 5.47. The van der Waals surface area contributed by atoms with Gasteiger partial charge in [-0.25, -0.2) is 4.39 Å². The molecule has 3 rings (SSSR count). The Morgan fingerprint density at radius 1 is 1.32 bits per heavy atom. The van der Waals surface area contributed by atoms with Crippen LogP contribution >= 0.6 is 0 Å². The molecule has 0 aromatic heterocycles. The molecule has 2 unspecified atom stereocenters. The molecule has 3 nitrogen and oxygen atoms in total. The van der Waals surface area contributed by atoms with E-state index in [0.717, 1.165) is 25.2 Å². The number of hydrogen-bond donors (Lipinski definition) is 1. The van der Waals surface area contributed by atoms with E-state index in [9.17, 15) is 4.39 Å². The van der Waals surface area contributed by atoms with Gasteiger partial charge in [0.15, 0.2) is 11.6 Å². The highest BCUT2D eigenvalue weighted by Crippen LogP contribution is 2.23. The summed E-state index contributed by atoms with van der Waals surface area (Å²) in [5.74, 6) is 0.0507. The molecule has 2 fully saturated rings. The summed E-state index contributed by atoms with van der Waals surface area (Å²) in [6, 6.07) is 6.58. The number of halogens is 1. The van der Waals surface area contributed by atoms with Crippen LogP contribution in [0.4, 0.5) is 4.39 Å². The van der Waals surface area contributed by atoms with Gasteiger partial charge in [0.1, 0.15) is 0 Å². The van der Waals surface area contributed by atoms with E-state index >= 15 is 0 Å². The van der Waals surface area contributed by atoms with Gasteiger partial charge < -0.3 is 10.1 Å². The molecule has 2 bridgehead atoms. The number of benzene rings is 1. The van der Waals surface area contributed by atoms with Crippen molar-refractivity contribution in [2.75, 3.05) is 20.2 Å². The maximum Gasteiger partial charge on any atom is 0.165 e. The molecule has 0 aliphatic carbocycles. The highest BCUT2D eigenvalue weighted by molar-refractivity contribution is 5.29.